The molecule has 0 radical (unpaired) electrons. The molecule has 1 fully saturated rings. The third-order valence-corrected chi connectivity index (χ3v) is 5.35. The van der Waals surface area contributed by atoms with E-state index in [9.17, 15) is 9.90 Å². The first kappa shape index (κ1) is 24.3. The van der Waals surface area contributed by atoms with Crippen LogP contribution in [0.2, 0.25) is 0 Å². The molecule has 6 nitrogen and oxygen atoms in total. The molecule has 0 aliphatic carbocycles. The van der Waals surface area contributed by atoms with Crippen molar-refractivity contribution < 1.29 is 19.8 Å². The Morgan fingerprint density at radius 1 is 1.00 bits per heavy atom. The van der Waals surface area contributed by atoms with Crippen LogP contribution in [0.3, 0.4) is 0 Å². The van der Waals surface area contributed by atoms with Crippen LogP contribution in [-0.4, -0.2) is 47.4 Å². The van der Waals surface area contributed by atoms with Crippen LogP contribution in [0.15, 0.2) is 48.5 Å². The average Bonchev–Trinajstić information content (AvgIpc) is 2.77. The maximum Gasteiger partial charge on any atom is 0.243 e. The van der Waals surface area contributed by atoms with Crippen LogP contribution in [0.25, 0.3) is 11.1 Å². The van der Waals surface area contributed by atoms with Crippen molar-refractivity contribution in [2.75, 3.05) is 26.3 Å². The minimum absolute atomic E-state index is 0. The highest BCUT2D eigenvalue weighted by Crippen LogP contribution is 2.25. The SMILES string of the molecule is Cl.O=C(CCCCC(O)c1ccc(-c2ccc(CN3CCOCC3)cc2)cc1)NO. The van der Waals surface area contributed by atoms with Crippen LogP contribution >= 0.6 is 12.4 Å². The van der Waals surface area contributed by atoms with Gasteiger partial charge < -0.3 is 9.84 Å². The number of carbonyl (C=O) groups is 1. The number of rotatable bonds is 9. The summed E-state index contributed by atoms with van der Waals surface area (Å²) in [6, 6.07) is 16.6. The number of aliphatic hydroxyl groups is 1. The summed E-state index contributed by atoms with van der Waals surface area (Å²) in [5, 5.41) is 18.8. The van der Waals surface area contributed by atoms with Gasteiger partial charge in [0.2, 0.25) is 5.91 Å². The summed E-state index contributed by atoms with van der Waals surface area (Å²) < 4.78 is 5.40. The summed E-state index contributed by atoms with van der Waals surface area (Å²) in [6.07, 6.45) is 1.68. The van der Waals surface area contributed by atoms with Gasteiger partial charge >= 0.3 is 0 Å². The maximum absolute atomic E-state index is 11.0. The predicted molar refractivity (Wildman–Crippen MR) is 119 cm³/mol. The second kappa shape index (κ2) is 12.7. The largest absolute Gasteiger partial charge is 0.388 e. The highest BCUT2D eigenvalue weighted by Gasteiger charge is 2.11. The molecule has 3 N–H and O–H groups in total. The van der Waals surface area contributed by atoms with Gasteiger partial charge in [-0.3, -0.25) is 14.9 Å². The van der Waals surface area contributed by atoms with Crippen molar-refractivity contribution in [3.8, 4) is 11.1 Å². The average molecular weight is 435 g/mol. The van der Waals surface area contributed by atoms with E-state index in [1.807, 2.05) is 24.3 Å². The lowest BCUT2D eigenvalue weighted by molar-refractivity contribution is -0.129. The van der Waals surface area contributed by atoms with Gasteiger partial charge in [-0.25, -0.2) is 5.48 Å². The number of ether oxygens (including phenoxy) is 1. The second-order valence-corrected chi connectivity index (χ2v) is 7.50. The zero-order valence-electron chi connectivity index (χ0n) is 17.1. The van der Waals surface area contributed by atoms with E-state index in [2.05, 4.69) is 29.2 Å². The Bertz CT molecular complexity index is 762. The number of morpholine rings is 1. The molecule has 1 heterocycles. The summed E-state index contributed by atoms with van der Waals surface area (Å²) >= 11 is 0. The summed E-state index contributed by atoms with van der Waals surface area (Å²) in [6.45, 7) is 4.55. The zero-order valence-corrected chi connectivity index (χ0v) is 17.9. The second-order valence-electron chi connectivity index (χ2n) is 7.50. The van der Waals surface area contributed by atoms with Crippen molar-refractivity contribution in [1.82, 2.24) is 10.4 Å². The molecule has 1 aliphatic rings. The van der Waals surface area contributed by atoms with E-state index < -0.39 is 6.10 Å². The molecule has 1 unspecified atom stereocenters. The minimum atomic E-state index is -0.544. The van der Waals surface area contributed by atoms with Gasteiger partial charge in [0.05, 0.1) is 19.3 Å². The number of nitrogens with one attached hydrogen (secondary N) is 1. The van der Waals surface area contributed by atoms with E-state index in [1.165, 1.54) is 5.56 Å². The summed E-state index contributed by atoms with van der Waals surface area (Å²) in [7, 11) is 0. The molecule has 30 heavy (non-hydrogen) atoms. The molecule has 1 atom stereocenters. The lowest BCUT2D eigenvalue weighted by atomic mass is 9.98. The number of hydrogen-bond donors (Lipinski definition) is 3. The number of unbranched alkanes of at least 4 members (excludes halogenated alkanes) is 1. The van der Waals surface area contributed by atoms with Crippen molar-refractivity contribution in [2.24, 2.45) is 0 Å². The number of benzene rings is 2. The normalized spacial score (nSPS) is 15.3. The van der Waals surface area contributed by atoms with E-state index in [0.717, 1.165) is 56.0 Å². The molecule has 0 saturated carbocycles. The minimum Gasteiger partial charge on any atom is -0.388 e. The first-order valence-corrected chi connectivity index (χ1v) is 10.3. The van der Waals surface area contributed by atoms with Crippen molar-refractivity contribution in [3.63, 3.8) is 0 Å². The highest BCUT2D eigenvalue weighted by atomic mass is 35.5. The van der Waals surface area contributed by atoms with Crippen LogP contribution in [0, 0.1) is 0 Å². The van der Waals surface area contributed by atoms with Gasteiger partial charge in [-0.2, -0.15) is 0 Å². The fraction of sp³-hybridized carbons (Fsp3) is 0.435. The molecule has 0 bridgehead atoms. The first-order valence-electron chi connectivity index (χ1n) is 10.3. The van der Waals surface area contributed by atoms with E-state index in [1.54, 1.807) is 5.48 Å². The van der Waals surface area contributed by atoms with Gasteiger partial charge in [0, 0.05) is 26.1 Å². The Labute approximate surface area is 184 Å². The van der Waals surface area contributed by atoms with Gasteiger partial charge in [0.1, 0.15) is 0 Å². The number of halogens is 1. The van der Waals surface area contributed by atoms with Crippen molar-refractivity contribution >= 4 is 18.3 Å². The highest BCUT2D eigenvalue weighted by molar-refractivity contribution is 5.85. The number of aliphatic hydroxyl groups excluding tert-OH is 1. The van der Waals surface area contributed by atoms with Crippen LogP contribution in [-0.2, 0) is 16.1 Å². The van der Waals surface area contributed by atoms with Gasteiger partial charge in [-0.05, 0) is 35.1 Å². The third kappa shape index (κ3) is 7.38. The molecule has 7 heteroatoms. The molecule has 1 aliphatic heterocycles. The molecule has 3 rings (SSSR count). The quantitative estimate of drug-likeness (QED) is 0.318. The Balaban J connectivity index is 0.00000320. The third-order valence-electron chi connectivity index (χ3n) is 5.35. The monoisotopic (exact) mass is 434 g/mol. The molecule has 164 valence electrons. The van der Waals surface area contributed by atoms with Crippen LogP contribution in [0.4, 0.5) is 0 Å². The molecule has 0 spiro atoms. The number of amides is 1. The maximum atomic E-state index is 11.0. The number of hydroxylamine groups is 1. The molecule has 2 aromatic carbocycles. The van der Waals surface area contributed by atoms with Crippen LogP contribution in [0.5, 0.6) is 0 Å². The predicted octanol–water partition coefficient (Wildman–Crippen LogP) is 3.71. The lowest BCUT2D eigenvalue weighted by Crippen LogP contribution is -2.35. The lowest BCUT2D eigenvalue weighted by Gasteiger charge is -2.26. The molecule has 1 saturated heterocycles. The molecule has 0 aromatic heterocycles. The van der Waals surface area contributed by atoms with E-state index >= 15 is 0 Å². The first-order chi connectivity index (χ1) is 14.2. The summed E-state index contributed by atoms with van der Waals surface area (Å²) in [5.41, 5.74) is 6.09. The Morgan fingerprint density at radius 2 is 1.60 bits per heavy atom. The molecule has 1 amide bonds. The van der Waals surface area contributed by atoms with Crippen LogP contribution < -0.4 is 5.48 Å². The Kier molecular flexibility index (Phi) is 10.3. The standard InChI is InChI=1S/C23H30N2O4.ClH/c26-22(3-1-2-4-23(27)24-28)21-11-9-20(10-12-21)19-7-5-18(6-8-19)17-25-13-15-29-16-14-25;/h5-12,22,26,28H,1-4,13-17H2,(H,24,27);1H. The smallest absolute Gasteiger partial charge is 0.243 e. The van der Waals surface area contributed by atoms with E-state index in [0.29, 0.717) is 12.8 Å². The summed E-state index contributed by atoms with van der Waals surface area (Å²) in [5.74, 6) is -0.389. The van der Waals surface area contributed by atoms with Gasteiger partial charge in [0.25, 0.3) is 0 Å². The van der Waals surface area contributed by atoms with Gasteiger partial charge in [0.15, 0.2) is 0 Å². The van der Waals surface area contributed by atoms with Crippen molar-refractivity contribution in [3.05, 3.63) is 59.7 Å². The molecular weight excluding hydrogens is 404 g/mol. The van der Waals surface area contributed by atoms with Gasteiger partial charge in [-0.15, -0.1) is 12.4 Å². The number of hydrogen-bond acceptors (Lipinski definition) is 5. The zero-order chi connectivity index (χ0) is 20.5. The number of nitrogens with zero attached hydrogens (tertiary/aromatic N) is 1. The Hall–Kier alpha value is -1.96. The number of carbonyl (C=O) groups excluding carboxylic acids is 1. The fourth-order valence-corrected chi connectivity index (χ4v) is 3.56. The van der Waals surface area contributed by atoms with E-state index in [4.69, 9.17) is 9.94 Å². The Morgan fingerprint density at radius 3 is 2.20 bits per heavy atom. The molecule has 2 aromatic rings. The fourth-order valence-electron chi connectivity index (χ4n) is 3.56. The van der Waals surface area contributed by atoms with Gasteiger partial charge in [-0.1, -0.05) is 55.0 Å². The molecular formula is C23H31ClN2O4. The summed E-state index contributed by atoms with van der Waals surface area (Å²) in [4.78, 5) is 13.4. The van der Waals surface area contributed by atoms with E-state index in [-0.39, 0.29) is 24.7 Å². The van der Waals surface area contributed by atoms with Crippen molar-refractivity contribution in [1.29, 1.82) is 0 Å². The van der Waals surface area contributed by atoms with Crippen molar-refractivity contribution in [2.45, 2.75) is 38.3 Å². The topological polar surface area (TPSA) is 82.0 Å². The van der Waals surface area contributed by atoms with Crippen LogP contribution in [0.1, 0.15) is 42.9 Å².